The van der Waals surface area contributed by atoms with Crippen molar-refractivity contribution in [2.75, 3.05) is 6.54 Å². The summed E-state index contributed by atoms with van der Waals surface area (Å²) in [7, 11) is 0. The zero-order valence-corrected chi connectivity index (χ0v) is 14.3. The van der Waals surface area contributed by atoms with E-state index in [9.17, 15) is 0 Å². The largest absolute Gasteiger partial charge is 0.308 e. The van der Waals surface area contributed by atoms with Crippen LogP contribution in [0.1, 0.15) is 22.9 Å². The van der Waals surface area contributed by atoms with Gasteiger partial charge in [0.25, 0.3) is 0 Å². The van der Waals surface area contributed by atoms with E-state index in [1.54, 1.807) is 22.7 Å². The molecule has 0 aliphatic carbocycles. The maximum atomic E-state index is 4.69. The molecule has 2 nitrogen and oxygen atoms in total. The summed E-state index contributed by atoms with van der Waals surface area (Å²) in [6.45, 7) is 3.16. The molecule has 3 aromatic rings. The highest BCUT2D eigenvalue weighted by Gasteiger charge is 2.10. The molecule has 0 radical (unpaired) electrons. The Morgan fingerprint density at radius 3 is 2.80 bits per heavy atom. The van der Waals surface area contributed by atoms with E-state index in [4.69, 9.17) is 4.98 Å². The fourth-order valence-corrected chi connectivity index (χ4v) is 4.54. The molecule has 0 saturated carbocycles. The molecular weight excluding hydrogens is 352 g/mol. The molecule has 1 atom stereocenters. The highest BCUT2D eigenvalue weighted by molar-refractivity contribution is 9.11. The second-order valence-electron chi connectivity index (χ2n) is 4.65. The molecule has 0 bridgehead atoms. The Balaban J connectivity index is 1.59. The average Bonchev–Trinajstić information content (AvgIpc) is 3.04. The Labute approximate surface area is 135 Å². The van der Waals surface area contributed by atoms with Gasteiger partial charge >= 0.3 is 0 Å². The summed E-state index contributed by atoms with van der Waals surface area (Å²) in [6.07, 6.45) is 1.06. The summed E-state index contributed by atoms with van der Waals surface area (Å²) >= 11 is 7.08. The lowest BCUT2D eigenvalue weighted by Gasteiger charge is -2.10. The normalized spacial score (nSPS) is 12.9. The molecule has 2 aromatic heterocycles. The lowest BCUT2D eigenvalue weighted by atomic mass is 10.3. The first-order valence-electron chi connectivity index (χ1n) is 6.55. The maximum absolute atomic E-state index is 4.69. The lowest BCUT2D eigenvalue weighted by Crippen LogP contribution is -2.20. The Bertz CT molecular complexity index is 672. The third-order valence-electron chi connectivity index (χ3n) is 3.13. The number of fused-ring (bicyclic) bond motifs is 1. The first kappa shape index (κ1) is 14.2. The zero-order chi connectivity index (χ0) is 13.9. The number of thiazole rings is 1. The van der Waals surface area contributed by atoms with E-state index in [0.29, 0.717) is 6.04 Å². The van der Waals surface area contributed by atoms with Crippen molar-refractivity contribution in [2.45, 2.75) is 19.4 Å². The number of hydrogen-bond donors (Lipinski definition) is 1. The van der Waals surface area contributed by atoms with Crippen LogP contribution in [0.3, 0.4) is 0 Å². The molecule has 0 amide bonds. The Kier molecular flexibility index (Phi) is 4.51. The summed E-state index contributed by atoms with van der Waals surface area (Å²) in [6, 6.07) is 12.9. The molecule has 20 heavy (non-hydrogen) atoms. The number of para-hydroxylation sites is 1. The molecule has 1 unspecified atom stereocenters. The Morgan fingerprint density at radius 1 is 1.20 bits per heavy atom. The number of benzene rings is 1. The quantitative estimate of drug-likeness (QED) is 0.685. The number of nitrogens with zero attached hydrogens (tertiary/aromatic N) is 1. The summed E-state index contributed by atoms with van der Waals surface area (Å²) in [5.74, 6) is 0. The van der Waals surface area contributed by atoms with E-state index in [2.05, 4.69) is 58.5 Å². The summed E-state index contributed by atoms with van der Waals surface area (Å²) in [4.78, 5) is 6.10. The van der Waals surface area contributed by atoms with E-state index in [1.807, 2.05) is 6.07 Å². The van der Waals surface area contributed by atoms with Gasteiger partial charge in [-0.25, -0.2) is 4.98 Å². The van der Waals surface area contributed by atoms with Gasteiger partial charge in [-0.2, -0.15) is 0 Å². The molecular formula is C15H15BrN2S2. The first-order chi connectivity index (χ1) is 9.72. The first-order valence-corrected chi connectivity index (χ1v) is 8.98. The molecule has 2 heterocycles. The minimum Gasteiger partial charge on any atom is -0.308 e. The van der Waals surface area contributed by atoms with Crippen LogP contribution in [0.25, 0.3) is 10.2 Å². The van der Waals surface area contributed by atoms with E-state index in [0.717, 1.165) is 18.5 Å². The molecule has 3 rings (SSSR count). The van der Waals surface area contributed by atoms with Crippen LogP contribution in [0.5, 0.6) is 0 Å². The zero-order valence-electron chi connectivity index (χ0n) is 11.1. The Morgan fingerprint density at radius 2 is 2.05 bits per heavy atom. The van der Waals surface area contributed by atoms with Crippen LogP contribution in [0.2, 0.25) is 0 Å². The molecule has 0 aliphatic heterocycles. The van der Waals surface area contributed by atoms with Gasteiger partial charge in [0.15, 0.2) is 0 Å². The molecule has 1 N–H and O–H groups in total. The smallest absolute Gasteiger partial charge is 0.111 e. The van der Waals surface area contributed by atoms with Crippen molar-refractivity contribution in [2.24, 2.45) is 0 Å². The van der Waals surface area contributed by atoms with Crippen LogP contribution in [-0.4, -0.2) is 11.5 Å². The Hall–Kier alpha value is -0.750. The fourth-order valence-electron chi connectivity index (χ4n) is 2.06. The standard InChI is InChI=1S/C15H15BrN2S2/c1-10(17-9-8-11-6-7-14(16)19-11)15-18-12-4-2-3-5-13(12)20-15/h2-7,10,17H,8-9H2,1H3. The topological polar surface area (TPSA) is 24.9 Å². The number of thiophene rings is 1. The second kappa shape index (κ2) is 6.35. The van der Waals surface area contributed by atoms with Gasteiger partial charge in [-0.3, -0.25) is 0 Å². The highest BCUT2D eigenvalue weighted by Crippen LogP contribution is 2.26. The predicted molar refractivity (Wildman–Crippen MR) is 91.8 cm³/mol. The van der Waals surface area contributed by atoms with Crippen LogP contribution in [0.15, 0.2) is 40.2 Å². The van der Waals surface area contributed by atoms with Crippen molar-refractivity contribution in [1.29, 1.82) is 0 Å². The van der Waals surface area contributed by atoms with Crippen molar-refractivity contribution in [3.05, 3.63) is 50.1 Å². The van der Waals surface area contributed by atoms with Gasteiger partial charge in [0.1, 0.15) is 5.01 Å². The summed E-state index contributed by atoms with van der Waals surface area (Å²) in [5.41, 5.74) is 1.10. The molecule has 0 aliphatic rings. The average molecular weight is 367 g/mol. The van der Waals surface area contributed by atoms with Crippen molar-refractivity contribution in [1.82, 2.24) is 10.3 Å². The molecule has 0 saturated heterocycles. The maximum Gasteiger partial charge on any atom is 0.111 e. The number of hydrogen-bond acceptors (Lipinski definition) is 4. The molecule has 0 fully saturated rings. The second-order valence-corrected chi connectivity index (χ2v) is 8.26. The van der Waals surface area contributed by atoms with Gasteiger partial charge in [-0.15, -0.1) is 22.7 Å². The third kappa shape index (κ3) is 3.28. The molecule has 104 valence electrons. The van der Waals surface area contributed by atoms with Crippen LogP contribution >= 0.6 is 38.6 Å². The van der Waals surface area contributed by atoms with Gasteiger partial charge in [-0.05, 0) is 53.5 Å². The fraction of sp³-hybridized carbons (Fsp3) is 0.267. The highest BCUT2D eigenvalue weighted by atomic mass is 79.9. The van der Waals surface area contributed by atoms with Crippen molar-refractivity contribution < 1.29 is 0 Å². The third-order valence-corrected chi connectivity index (χ3v) is 6.03. The molecule has 0 spiro atoms. The summed E-state index contributed by atoms with van der Waals surface area (Å²) < 4.78 is 2.46. The van der Waals surface area contributed by atoms with Crippen molar-refractivity contribution >= 4 is 48.8 Å². The van der Waals surface area contributed by atoms with E-state index in [-0.39, 0.29) is 0 Å². The van der Waals surface area contributed by atoms with Crippen LogP contribution in [-0.2, 0) is 6.42 Å². The summed E-state index contributed by atoms with van der Waals surface area (Å²) in [5, 5.41) is 4.72. The minimum absolute atomic E-state index is 0.302. The van der Waals surface area contributed by atoms with E-state index >= 15 is 0 Å². The van der Waals surface area contributed by atoms with Gasteiger partial charge < -0.3 is 5.32 Å². The number of nitrogens with one attached hydrogen (secondary N) is 1. The van der Waals surface area contributed by atoms with Crippen LogP contribution in [0.4, 0.5) is 0 Å². The number of rotatable bonds is 5. The molecule has 5 heteroatoms. The number of halogens is 1. The van der Waals surface area contributed by atoms with Crippen molar-refractivity contribution in [3.8, 4) is 0 Å². The van der Waals surface area contributed by atoms with E-state index < -0.39 is 0 Å². The minimum atomic E-state index is 0.302. The SMILES string of the molecule is CC(NCCc1ccc(Br)s1)c1nc2ccccc2s1. The van der Waals surface area contributed by atoms with Crippen molar-refractivity contribution in [3.63, 3.8) is 0 Å². The van der Waals surface area contributed by atoms with Gasteiger partial charge in [0.05, 0.1) is 20.0 Å². The number of aromatic nitrogens is 1. The van der Waals surface area contributed by atoms with E-state index in [1.165, 1.54) is 18.4 Å². The van der Waals surface area contributed by atoms with Gasteiger partial charge in [0.2, 0.25) is 0 Å². The predicted octanol–water partition coefficient (Wildman–Crippen LogP) is 5.01. The van der Waals surface area contributed by atoms with Gasteiger partial charge in [-0.1, -0.05) is 12.1 Å². The van der Waals surface area contributed by atoms with Crippen LogP contribution in [0, 0.1) is 0 Å². The lowest BCUT2D eigenvalue weighted by molar-refractivity contribution is 0.576. The monoisotopic (exact) mass is 366 g/mol. The molecule has 1 aromatic carbocycles. The van der Waals surface area contributed by atoms with Crippen LogP contribution < -0.4 is 5.32 Å². The van der Waals surface area contributed by atoms with Gasteiger partial charge in [0, 0.05) is 11.4 Å².